The number of aryl methyl sites for hydroxylation is 1. The maximum Gasteiger partial charge on any atom is 0.229 e. The number of likely N-dealkylation sites (N-methyl/N-ethyl adjacent to an activating group) is 1. The molecule has 0 saturated carbocycles. The first-order chi connectivity index (χ1) is 18.9. The fraction of sp³-hybridized carbons (Fsp3) is 0.467. The Kier molecular flexibility index (Phi) is 8.85. The van der Waals surface area contributed by atoms with Crippen molar-refractivity contribution >= 4 is 47.7 Å². The van der Waals surface area contributed by atoms with E-state index < -0.39 is 0 Å². The van der Waals surface area contributed by atoms with E-state index in [0.29, 0.717) is 12.0 Å². The number of para-hydroxylation sites is 1. The van der Waals surface area contributed by atoms with Crippen LogP contribution in [-0.2, 0) is 0 Å². The lowest BCUT2D eigenvalue weighted by molar-refractivity contribution is 0.0982. The average Bonchev–Trinajstić information content (AvgIpc) is 2.95. The quantitative estimate of drug-likeness (QED) is 0.345. The second-order valence-electron chi connectivity index (χ2n) is 10.9. The van der Waals surface area contributed by atoms with Gasteiger partial charge in [0.1, 0.15) is 5.82 Å². The minimum atomic E-state index is -0.229. The largest absolute Gasteiger partial charge is 0.386 e. The normalized spacial score (nSPS) is 17.4. The lowest BCUT2D eigenvalue weighted by Gasteiger charge is -2.43. The van der Waals surface area contributed by atoms with E-state index in [9.17, 15) is 0 Å². The van der Waals surface area contributed by atoms with E-state index in [2.05, 4.69) is 98.5 Å². The predicted molar refractivity (Wildman–Crippen MR) is 168 cm³/mol. The molecule has 2 fully saturated rings. The first kappa shape index (κ1) is 27.6. The average molecular weight is 547 g/mol. The molecular weight excluding hydrogens is 503 g/mol. The zero-order valence-electron chi connectivity index (χ0n) is 24.0. The summed E-state index contributed by atoms with van der Waals surface area (Å²) in [6.45, 7) is 13.5. The third-order valence-corrected chi connectivity index (χ3v) is 9.35. The van der Waals surface area contributed by atoms with E-state index in [1.807, 2.05) is 20.2 Å². The number of hydrogen-bond donors (Lipinski definition) is 3. The molecule has 2 saturated heterocycles. The maximum atomic E-state index is 4.82. The van der Waals surface area contributed by atoms with Crippen LogP contribution in [0.2, 0.25) is 0 Å². The van der Waals surface area contributed by atoms with Crippen LogP contribution in [0.1, 0.15) is 18.4 Å². The van der Waals surface area contributed by atoms with Crippen molar-refractivity contribution in [2.24, 2.45) is 0 Å². The number of piperazine rings is 1. The Bertz CT molecular complexity index is 1250. The molecule has 0 unspecified atom stereocenters. The van der Waals surface area contributed by atoms with Crippen LogP contribution in [0.25, 0.3) is 0 Å². The van der Waals surface area contributed by atoms with Crippen LogP contribution in [0.4, 0.5) is 34.5 Å². The molecule has 39 heavy (non-hydrogen) atoms. The van der Waals surface area contributed by atoms with Crippen molar-refractivity contribution in [1.29, 1.82) is 0 Å². The smallest absolute Gasteiger partial charge is 0.229 e. The number of hydrogen-bond acceptors (Lipinski definition) is 8. The molecule has 2 aliphatic rings. The third kappa shape index (κ3) is 6.63. The molecule has 2 aromatic carbocycles. The summed E-state index contributed by atoms with van der Waals surface area (Å²) in [7, 11) is 4.00. The van der Waals surface area contributed by atoms with Gasteiger partial charge in [0.15, 0.2) is 0 Å². The van der Waals surface area contributed by atoms with Crippen LogP contribution in [0.15, 0.2) is 48.7 Å². The lowest BCUT2D eigenvalue weighted by atomic mass is 10.0. The number of rotatable bonds is 8. The van der Waals surface area contributed by atoms with E-state index in [1.165, 1.54) is 50.0 Å². The Morgan fingerprint density at radius 1 is 0.897 bits per heavy atom. The molecule has 5 rings (SSSR count). The summed E-state index contributed by atoms with van der Waals surface area (Å²) in [5.74, 6) is 1.41. The van der Waals surface area contributed by atoms with Gasteiger partial charge in [-0.3, -0.25) is 4.90 Å². The van der Waals surface area contributed by atoms with Gasteiger partial charge in [-0.1, -0.05) is 26.1 Å². The Labute approximate surface area is 235 Å². The third-order valence-electron chi connectivity index (χ3n) is 7.99. The number of benzene rings is 2. The van der Waals surface area contributed by atoms with Crippen molar-refractivity contribution < 1.29 is 0 Å². The Hall–Kier alpha value is -2.93. The standard InChI is InChI=1S/C30H43N8P/c1-22-21-32-30(35-29(22)34-25-8-6-7-9-28(25)39(4)5)33-23-10-11-27(26(20-23)31-2)38-14-12-24(13-15-38)37-18-16-36(3)17-19-37/h6-11,20-21,24,31H,12-19H2,1-5H3,(H2,32,33,34,35). The summed E-state index contributed by atoms with van der Waals surface area (Å²) in [6, 6.07) is 15.7. The van der Waals surface area contributed by atoms with Crippen molar-refractivity contribution in [3.8, 4) is 0 Å². The fourth-order valence-electron chi connectivity index (χ4n) is 5.60. The molecule has 3 N–H and O–H groups in total. The van der Waals surface area contributed by atoms with Crippen LogP contribution in [0.5, 0.6) is 0 Å². The van der Waals surface area contributed by atoms with Gasteiger partial charge in [0.2, 0.25) is 5.95 Å². The molecule has 9 heteroatoms. The molecule has 0 radical (unpaired) electrons. The summed E-state index contributed by atoms with van der Waals surface area (Å²) < 4.78 is 0. The van der Waals surface area contributed by atoms with Gasteiger partial charge < -0.3 is 25.8 Å². The van der Waals surface area contributed by atoms with Crippen LogP contribution in [0, 0.1) is 6.92 Å². The Morgan fingerprint density at radius 2 is 1.64 bits per heavy atom. The molecule has 2 aliphatic heterocycles. The number of nitrogens with zero attached hydrogens (tertiary/aromatic N) is 5. The highest BCUT2D eigenvalue weighted by Gasteiger charge is 2.27. The lowest BCUT2D eigenvalue weighted by Crippen LogP contribution is -2.52. The van der Waals surface area contributed by atoms with Crippen molar-refractivity contribution in [3.05, 3.63) is 54.2 Å². The van der Waals surface area contributed by atoms with E-state index in [-0.39, 0.29) is 7.92 Å². The number of anilines is 6. The van der Waals surface area contributed by atoms with Crippen LogP contribution >= 0.6 is 7.92 Å². The van der Waals surface area contributed by atoms with Gasteiger partial charge in [-0.25, -0.2) is 4.98 Å². The summed E-state index contributed by atoms with van der Waals surface area (Å²) >= 11 is 0. The first-order valence-electron chi connectivity index (χ1n) is 14.0. The monoisotopic (exact) mass is 546 g/mol. The Balaban J connectivity index is 1.26. The summed E-state index contributed by atoms with van der Waals surface area (Å²) in [5, 5.41) is 11.7. The number of aromatic nitrogens is 2. The highest BCUT2D eigenvalue weighted by Crippen LogP contribution is 2.33. The molecule has 0 aliphatic carbocycles. The second-order valence-corrected chi connectivity index (χ2v) is 13.2. The van der Waals surface area contributed by atoms with E-state index in [1.54, 1.807) is 0 Å². The predicted octanol–water partition coefficient (Wildman–Crippen LogP) is 4.90. The molecule has 0 bridgehead atoms. The van der Waals surface area contributed by atoms with Crippen molar-refractivity contribution in [3.63, 3.8) is 0 Å². The first-order valence-corrected chi connectivity index (χ1v) is 16.3. The van der Waals surface area contributed by atoms with Crippen molar-refractivity contribution in [1.82, 2.24) is 19.8 Å². The number of piperidine rings is 1. The van der Waals surface area contributed by atoms with Gasteiger partial charge in [-0.15, -0.1) is 0 Å². The van der Waals surface area contributed by atoms with E-state index in [4.69, 9.17) is 4.98 Å². The highest BCUT2D eigenvalue weighted by atomic mass is 31.1. The molecule has 1 aromatic heterocycles. The van der Waals surface area contributed by atoms with Gasteiger partial charge in [-0.05, 0) is 69.7 Å². The minimum Gasteiger partial charge on any atom is -0.386 e. The van der Waals surface area contributed by atoms with Crippen molar-refractivity contribution in [2.75, 3.05) is 87.5 Å². The Morgan fingerprint density at radius 3 is 2.36 bits per heavy atom. The molecule has 3 aromatic rings. The van der Waals surface area contributed by atoms with Crippen LogP contribution in [0.3, 0.4) is 0 Å². The minimum absolute atomic E-state index is 0.229. The van der Waals surface area contributed by atoms with Crippen molar-refractivity contribution in [2.45, 2.75) is 25.8 Å². The molecule has 8 nitrogen and oxygen atoms in total. The highest BCUT2D eigenvalue weighted by molar-refractivity contribution is 7.64. The molecule has 0 amide bonds. The van der Waals surface area contributed by atoms with Gasteiger partial charge >= 0.3 is 0 Å². The topological polar surface area (TPSA) is 71.6 Å². The van der Waals surface area contributed by atoms with Gasteiger partial charge in [-0.2, -0.15) is 4.98 Å². The maximum absolute atomic E-state index is 4.82. The zero-order chi connectivity index (χ0) is 27.4. The molecule has 0 spiro atoms. The van der Waals surface area contributed by atoms with E-state index >= 15 is 0 Å². The van der Waals surface area contributed by atoms with Gasteiger partial charge in [0.25, 0.3) is 0 Å². The summed E-state index contributed by atoms with van der Waals surface area (Å²) in [6.07, 6.45) is 4.32. The summed E-state index contributed by atoms with van der Waals surface area (Å²) in [5.41, 5.74) is 5.48. The molecule has 0 atom stereocenters. The van der Waals surface area contributed by atoms with E-state index in [0.717, 1.165) is 41.5 Å². The number of nitrogens with one attached hydrogen (secondary N) is 3. The second kappa shape index (κ2) is 12.5. The fourth-order valence-corrected chi connectivity index (χ4v) is 6.60. The molecular formula is C30H43N8P. The summed E-state index contributed by atoms with van der Waals surface area (Å²) in [4.78, 5) is 17.1. The molecule has 208 valence electrons. The van der Waals surface area contributed by atoms with Gasteiger partial charge in [0, 0.05) is 75.5 Å². The zero-order valence-corrected chi connectivity index (χ0v) is 24.9. The van der Waals surface area contributed by atoms with Crippen LogP contribution in [-0.4, -0.2) is 92.5 Å². The van der Waals surface area contributed by atoms with Gasteiger partial charge in [0.05, 0.1) is 11.4 Å². The SMILES string of the molecule is CNc1cc(Nc2ncc(C)c(Nc3ccccc3P(C)C)n2)ccc1N1CCC(N2CCN(C)CC2)CC1. The molecule has 3 heterocycles. The van der Waals surface area contributed by atoms with Crippen LogP contribution < -0.4 is 26.2 Å².